The first-order chi connectivity index (χ1) is 8.13. The molecule has 0 bridgehead atoms. The van der Waals surface area contributed by atoms with Crippen LogP contribution < -0.4 is 20.5 Å². The number of rotatable bonds is 5. The van der Waals surface area contributed by atoms with Gasteiger partial charge in [-0.3, -0.25) is 4.79 Å². The molecule has 7 heteroatoms. The molecular weight excluding hydrogens is 226 g/mol. The molecule has 7 nitrogen and oxygen atoms in total. The minimum atomic E-state index is -1.38. The van der Waals surface area contributed by atoms with Crippen LogP contribution in [0.25, 0.3) is 0 Å². The van der Waals surface area contributed by atoms with E-state index >= 15 is 0 Å². The molecule has 0 spiro atoms. The molecule has 1 heterocycles. The fraction of sp³-hybridized carbons (Fsp3) is 0.300. The number of carboxylic acid groups (broad SMARTS) is 1. The van der Waals surface area contributed by atoms with Crippen LogP contribution in [0.3, 0.4) is 0 Å². The van der Waals surface area contributed by atoms with Crippen LogP contribution in [0.2, 0.25) is 0 Å². The fourth-order valence-electron chi connectivity index (χ4n) is 1.09. The molecular formula is C10H12N3O4-. The molecule has 0 radical (unpaired) electrons. The number of amides is 2. The zero-order chi connectivity index (χ0) is 12.7. The Balaban J connectivity index is 2.43. The maximum absolute atomic E-state index is 11.5. The van der Waals surface area contributed by atoms with E-state index < -0.39 is 12.0 Å². The van der Waals surface area contributed by atoms with E-state index in [0.717, 1.165) is 0 Å². The van der Waals surface area contributed by atoms with Gasteiger partial charge in [0, 0.05) is 19.2 Å². The first-order valence-corrected chi connectivity index (χ1v) is 4.87. The molecule has 1 aromatic rings. The number of ether oxygens (including phenoxy) is 1. The number of hydrogen-bond donors (Lipinski definition) is 2. The summed E-state index contributed by atoms with van der Waals surface area (Å²) in [6.07, 6.45) is -1.38. The minimum absolute atomic E-state index is 0.0814. The van der Waals surface area contributed by atoms with Crippen molar-refractivity contribution >= 4 is 12.0 Å². The van der Waals surface area contributed by atoms with Crippen LogP contribution in [0.5, 0.6) is 5.88 Å². The fourth-order valence-corrected chi connectivity index (χ4v) is 1.09. The number of aromatic nitrogens is 1. The van der Waals surface area contributed by atoms with Crippen LogP contribution in [0.15, 0.2) is 18.2 Å². The van der Waals surface area contributed by atoms with Gasteiger partial charge < -0.3 is 25.3 Å². The molecule has 2 amide bonds. The second kappa shape index (κ2) is 6.31. The van der Waals surface area contributed by atoms with E-state index in [1.807, 2.05) is 5.32 Å². The lowest BCUT2D eigenvalue weighted by Gasteiger charge is -2.08. The van der Waals surface area contributed by atoms with Crippen molar-refractivity contribution in [2.75, 3.05) is 20.2 Å². The van der Waals surface area contributed by atoms with Crippen molar-refractivity contribution in [2.24, 2.45) is 0 Å². The zero-order valence-corrected chi connectivity index (χ0v) is 9.23. The molecule has 0 saturated carbocycles. The molecule has 0 aliphatic rings. The van der Waals surface area contributed by atoms with Crippen molar-refractivity contribution in [1.82, 2.24) is 15.6 Å². The Bertz CT molecular complexity index is 408. The van der Waals surface area contributed by atoms with E-state index in [1.54, 1.807) is 12.1 Å². The molecule has 92 valence electrons. The normalized spacial score (nSPS) is 9.47. The smallest absolute Gasteiger partial charge is 0.270 e. The predicted molar refractivity (Wildman–Crippen MR) is 56.5 cm³/mol. The molecule has 2 N–H and O–H groups in total. The van der Waals surface area contributed by atoms with Gasteiger partial charge in [0.15, 0.2) is 0 Å². The van der Waals surface area contributed by atoms with Gasteiger partial charge in [-0.1, -0.05) is 6.07 Å². The standard InChI is InChI=1S/C10H13N3O4/c1-17-8-4-2-3-7(13-8)9(14)11-5-6-12-10(15)16/h2-4,12H,5-6H2,1H3,(H,11,14)(H,15,16)/p-1. The molecule has 17 heavy (non-hydrogen) atoms. The van der Waals surface area contributed by atoms with Gasteiger partial charge in [-0.2, -0.15) is 0 Å². The molecule has 0 aliphatic carbocycles. The maximum Gasteiger partial charge on any atom is 0.270 e. The monoisotopic (exact) mass is 238 g/mol. The van der Waals surface area contributed by atoms with Gasteiger partial charge in [-0.15, -0.1) is 0 Å². The first-order valence-electron chi connectivity index (χ1n) is 4.87. The Morgan fingerprint density at radius 1 is 1.35 bits per heavy atom. The van der Waals surface area contributed by atoms with Crippen molar-refractivity contribution in [3.63, 3.8) is 0 Å². The minimum Gasteiger partial charge on any atom is -0.530 e. The number of nitrogens with one attached hydrogen (secondary N) is 2. The van der Waals surface area contributed by atoms with E-state index in [-0.39, 0.29) is 18.8 Å². The van der Waals surface area contributed by atoms with Gasteiger partial charge >= 0.3 is 0 Å². The van der Waals surface area contributed by atoms with Crippen molar-refractivity contribution < 1.29 is 19.4 Å². The Morgan fingerprint density at radius 2 is 2.06 bits per heavy atom. The molecule has 0 aliphatic heterocycles. The van der Waals surface area contributed by atoms with E-state index in [2.05, 4.69) is 10.3 Å². The summed E-state index contributed by atoms with van der Waals surface area (Å²) in [6.45, 7) is 0.240. The van der Waals surface area contributed by atoms with Gasteiger partial charge in [0.1, 0.15) is 11.8 Å². The summed E-state index contributed by atoms with van der Waals surface area (Å²) in [5, 5.41) is 14.5. The third-order valence-corrected chi connectivity index (χ3v) is 1.85. The van der Waals surface area contributed by atoms with Crippen molar-refractivity contribution in [2.45, 2.75) is 0 Å². The summed E-state index contributed by atoms with van der Waals surface area (Å²) >= 11 is 0. The van der Waals surface area contributed by atoms with Crippen LogP contribution in [0, 0.1) is 0 Å². The largest absolute Gasteiger partial charge is 0.530 e. The molecule has 0 atom stereocenters. The van der Waals surface area contributed by atoms with E-state index in [1.165, 1.54) is 13.2 Å². The number of methoxy groups -OCH3 is 1. The Labute approximate surface area is 97.8 Å². The van der Waals surface area contributed by atoms with Crippen LogP contribution in [-0.4, -0.2) is 37.2 Å². The lowest BCUT2D eigenvalue weighted by atomic mass is 10.3. The zero-order valence-electron chi connectivity index (χ0n) is 9.23. The van der Waals surface area contributed by atoms with Gasteiger partial charge in [-0.25, -0.2) is 4.98 Å². The number of carbonyl (C=O) groups excluding carboxylic acids is 2. The Hall–Kier alpha value is -2.31. The van der Waals surface area contributed by atoms with Crippen LogP contribution in [0.1, 0.15) is 10.5 Å². The van der Waals surface area contributed by atoms with Crippen molar-refractivity contribution in [3.8, 4) is 5.88 Å². The average molecular weight is 238 g/mol. The summed E-state index contributed by atoms with van der Waals surface area (Å²) in [5.41, 5.74) is 0.206. The number of carbonyl (C=O) groups is 2. The molecule has 0 saturated heterocycles. The quantitative estimate of drug-likeness (QED) is 0.624. The third-order valence-electron chi connectivity index (χ3n) is 1.85. The van der Waals surface area contributed by atoms with Crippen LogP contribution >= 0.6 is 0 Å². The topological polar surface area (TPSA) is 103 Å². The third kappa shape index (κ3) is 4.37. The number of pyridine rings is 1. The lowest BCUT2D eigenvalue weighted by Crippen LogP contribution is -2.41. The van der Waals surface area contributed by atoms with E-state index in [9.17, 15) is 14.7 Å². The first kappa shape index (κ1) is 12.8. The number of nitrogens with zero attached hydrogens (tertiary/aromatic N) is 1. The summed E-state index contributed by atoms with van der Waals surface area (Å²) in [7, 11) is 1.45. The predicted octanol–water partition coefficient (Wildman–Crippen LogP) is -1.25. The lowest BCUT2D eigenvalue weighted by molar-refractivity contribution is -0.250. The highest BCUT2D eigenvalue weighted by Gasteiger charge is 2.06. The highest BCUT2D eigenvalue weighted by molar-refractivity contribution is 5.92. The second-order valence-electron chi connectivity index (χ2n) is 3.04. The molecule has 1 rings (SSSR count). The highest BCUT2D eigenvalue weighted by Crippen LogP contribution is 2.05. The summed E-state index contributed by atoms with van der Waals surface area (Å²) < 4.78 is 4.87. The van der Waals surface area contributed by atoms with Gasteiger partial charge in [0.05, 0.1) is 7.11 Å². The molecule has 0 unspecified atom stereocenters. The summed E-state index contributed by atoms with van der Waals surface area (Å²) in [4.78, 5) is 25.5. The average Bonchev–Trinajstić information content (AvgIpc) is 2.34. The van der Waals surface area contributed by atoms with Gasteiger partial charge in [-0.05, 0) is 6.07 Å². The van der Waals surface area contributed by atoms with Crippen LogP contribution in [-0.2, 0) is 0 Å². The summed E-state index contributed by atoms with van der Waals surface area (Å²) in [5.74, 6) is -0.0606. The maximum atomic E-state index is 11.5. The Kier molecular flexibility index (Phi) is 4.74. The SMILES string of the molecule is COc1cccc(C(=O)NCCNC(=O)[O-])n1. The van der Waals surface area contributed by atoms with Gasteiger partial charge in [0.25, 0.3) is 5.91 Å². The van der Waals surface area contributed by atoms with E-state index in [4.69, 9.17) is 4.74 Å². The molecule has 0 aromatic carbocycles. The van der Waals surface area contributed by atoms with Crippen molar-refractivity contribution in [1.29, 1.82) is 0 Å². The van der Waals surface area contributed by atoms with Gasteiger partial charge in [0.2, 0.25) is 5.88 Å². The van der Waals surface area contributed by atoms with Crippen LogP contribution in [0.4, 0.5) is 4.79 Å². The highest BCUT2D eigenvalue weighted by atomic mass is 16.5. The summed E-state index contributed by atoms with van der Waals surface area (Å²) in [6, 6.07) is 4.79. The van der Waals surface area contributed by atoms with E-state index in [0.29, 0.717) is 5.88 Å². The Morgan fingerprint density at radius 3 is 2.71 bits per heavy atom. The second-order valence-corrected chi connectivity index (χ2v) is 3.04. The number of hydrogen-bond acceptors (Lipinski definition) is 5. The van der Waals surface area contributed by atoms with Crippen molar-refractivity contribution in [3.05, 3.63) is 23.9 Å². The molecule has 1 aromatic heterocycles. The molecule has 0 fully saturated rings.